The summed E-state index contributed by atoms with van der Waals surface area (Å²) < 4.78 is 19.8. The molecule has 1 N–H and O–H groups in total. The number of ether oxygens (including phenoxy) is 1. The number of amides is 1. The molecule has 0 aliphatic carbocycles. The zero-order chi connectivity index (χ0) is 19.9. The Morgan fingerprint density at radius 3 is 2.57 bits per heavy atom. The van der Waals surface area contributed by atoms with Gasteiger partial charge in [-0.25, -0.2) is 4.39 Å². The molecule has 5 nitrogen and oxygen atoms in total. The SMILES string of the molecule is CCOc1ccc(NC(=O)/C(C#N)=C\c2ccc(N3CCCC3)c(F)c2)cc1. The second kappa shape index (κ2) is 9.05. The van der Waals surface area contributed by atoms with Crippen LogP contribution in [0.1, 0.15) is 25.3 Å². The van der Waals surface area contributed by atoms with Gasteiger partial charge in [-0.1, -0.05) is 6.07 Å². The van der Waals surface area contributed by atoms with Crippen molar-refractivity contribution in [2.75, 3.05) is 29.9 Å². The van der Waals surface area contributed by atoms with Crippen molar-refractivity contribution in [3.05, 3.63) is 59.4 Å². The molecule has 0 saturated carbocycles. The van der Waals surface area contributed by atoms with Gasteiger partial charge in [-0.15, -0.1) is 0 Å². The van der Waals surface area contributed by atoms with Gasteiger partial charge >= 0.3 is 0 Å². The molecule has 1 fully saturated rings. The lowest BCUT2D eigenvalue weighted by atomic mass is 10.1. The van der Waals surface area contributed by atoms with Crippen LogP contribution in [0.25, 0.3) is 6.08 Å². The number of hydrogen-bond donors (Lipinski definition) is 1. The molecular weight excluding hydrogens is 357 g/mol. The Kier molecular flexibility index (Phi) is 6.28. The summed E-state index contributed by atoms with van der Waals surface area (Å²) in [5, 5.41) is 12.0. The first-order chi connectivity index (χ1) is 13.6. The predicted octanol–water partition coefficient (Wildman–Crippen LogP) is 4.37. The van der Waals surface area contributed by atoms with E-state index >= 15 is 0 Å². The average Bonchev–Trinajstić information content (AvgIpc) is 3.22. The molecule has 0 unspecified atom stereocenters. The maximum absolute atomic E-state index is 14.4. The van der Waals surface area contributed by atoms with E-state index < -0.39 is 5.91 Å². The van der Waals surface area contributed by atoms with Crippen molar-refractivity contribution in [2.45, 2.75) is 19.8 Å². The molecule has 144 valence electrons. The van der Waals surface area contributed by atoms with Gasteiger partial charge in [-0.2, -0.15) is 5.26 Å². The van der Waals surface area contributed by atoms with Gasteiger partial charge in [-0.05, 0) is 67.8 Å². The molecule has 0 spiro atoms. The molecule has 1 aliphatic rings. The zero-order valence-corrected chi connectivity index (χ0v) is 15.7. The van der Waals surface area contributed by atoms with E-state index in [1.54, 1.807) is 36.4 Å². The third-order valence-corrected chi connectivity index (χ3v) is 4.52. The van der Waals surface area contributed by atoms with E-state index in [-0.39, 0.29) is 11.4 Å². The average molecular weight is 379 g/mol. The highest BCUT2D eigenvalue weighted by molar-refractivity contribution is 6.09. The van der Waals surface area contributed by atoms with Crippen molar-refractivity contribution in [2.24, 2.45) is 0 Å². The zero-order valence-electron chi connectivity index (χ0n) is 15.7. The number of benzene rings is 2. The molecule has 28 heavy (non-hydrogen) atoms. The second-order valence-electron chi connectivity index (χ2n) is 6.49. The Bertz CT molecular complexity index is 910. The molecular formula is C22H22FN3O2. The van der Waals surface area contributed by atoms with Gasteiger partial charge in [0.2, 0.25) is 0 Å². The lowest BCUT2D eigenvalue weighted by molar-refractivity contribution is -0.112. The summed E-state index contributed by atoms with van der Waals surface area (Å²) in [6, 6.07) is 13.5. The van der Waals surface area contributed by atoms with Crippen LogP contribution in [0.15, 0.2) is 48.0 Å². The van der Waals surface area contributed by atoms with Gasteiger partial charge in [-0.3, -0.25) is 4.79 Å². The molecule has 2 aromatic rings. The van der Waals surface area contributed by atoms with E-state index in [9.17, 15) is 14.4 Å². The number of carbonyl (C=O) groups excluding carboxylic acids is 1. The minimum absolute atomic E-state index is 0.0952. The summed E-state index contributed by atoms with van der Waals surface area (Å²) in [6.07, 6.45) is 3.51. The topological polar surface area (TPSA) is 65.4 Å². The van der Waals surface area contributed by atoms with Crippen LogP contribution in [-0.2, 0) is 4.79 Å². The Morgan fingerprint density at radius 2 is 1.96 bits per heavy atom. The first kappa shape index (κ1) is 19.4. The Morgan fingerprint density at radius 1 is 1.25 bits per heavy atom. The van der Waals surface area contributed by atoms with E-state index in [0.29, 0.717) is 29.3 Å². The summed E-state index contributed by atoms with van der Waals surface area (Å²) >= 11 is 0. The lowest BCUT2D eigenvalue weighted by Gasteiger charge is -2.18. The van der Waals surface area contributed by atoms with Crippen LogP contribution in [-0.4, -0.2) is 25.6 Å². The molecule has 1 heterocycles. The molecule has 3 rings (SSSR count). The van der Waals surface area contributed by atoms with Gasteiger partial charge in [0, 0.05) is 18.8 Å². The van der Waals surface area contributed by atoms with Crippen molar-refractivity contribution in [1.82, 2.24) is 0 Å². The first-order valence-corrected chi connectivity index (χ1v) is 9.31. The number of rotatable bonds is 6. The van der Waals surface area contributed by atoms with E-state index in [4.69, 9.17) is 4.74 Å². The number of carbonyl (C=O) groups is 1. The van der Waals surface area contributed by atoms with Crippen LogP contribution in [0.5, 0.6) is 5.75 Å². The smallest absolute Gasteiger partial charge is 0.266 e. The highest BCUT2D eigenvalue weighted by Gasteiger charge is 2.16. The first-order valence-electron chi connectivity index (χ1n) is 9.31. The van der Waals surface area contributed by atoms with Crippen molar-refractivity contribution in [3.8, 4) is 11.8 Å². The summed E-state index contributed by atoms with van der Waals surface area (Å²) in [7, 11) is 0. The van der Waals surface area contributed by atoms with Crippen LogP contribution in [0.2, 0.25) is 0 Å². The minimum atomic E-state index is -0.546. The van der Waals surface area contributed by atoms with Crippen LogP contribution in [0.4, 0.5) is 15.8 Å². The highest BCUT2D eigenvalue weighted by Crippen LogP contribution is 2.25. The van der Waals surface area contributed by atoms with Crippen LogP contribution < -0.4 is 15.0 Å². The summed E-state index contributed by atoms with van der Waals surface area (Å²) in [6.45, 7) is 4.14. The lowest BCUT2D eigenvalue weighted by Crippen LogP contribution is -2.18. The maximum atomic E-state index is 14.4. The molecule has 0 atom stereocenters. The molecule has 1 amide bonds. The number of anilines is 2. The maximum Gasteiger partial charge on any atom is 0.266 e. The third kappa shape index (κ3) is 4.68. The molecule has 6 heteroatoms. The van der Waals surface area contributed by atoms with Gasteiger partial charge < -0.3 is 15.0 Å². The predicted molar refractivity (Wildman–Crippen MR) is 108 cm³/mol. The number of nitriles is 1. The fraction of sp³-hybridized carbons (Fsp3) is 0.273. The van der Waals surface area contributed by atoms with Crippen LogP contribution >= 0.6 is 0 Å². The van der Waals surface area contributed by atoms with Crippen LogP contribution in [0, 0.1) is 17.1 Å². The van der Waals surface area contributed by atoms with E-state index in [2.05, 4.69) is 5.32 Å². The molecule has 0 bridgehead atoms. The summed E-state index contributed by atoms with van der Waals surface area (Å²) in [5.41, 5.74) is 1.48. The molecule has 1 aliphatic heterocycles. The Hall–Kier alpha value is -3.33. The number of halogens is 1. The molecule has 1 saturated heterocycles. The largest absolute Gasteiger partial charge is 0.494 e. The standard InChI is InChI=1S/C22H22FN3O2/c1-2-28-19-8-6-18(7-9-19)25-22(27)17(15-24)13-16-5-10-21(20(23)14-16)26-11-3-4-12-26/h5-10,13-14H,2-4,11-12H2,1H3,(H,25,27)/b17-13-. The molecule has 2 aromatic carbocycles. The normalized spacial score (nSPS) is 13.9. The minimum Gasteiger partial charge on any atom is -0.494 e. The van der Waals surface area contributed by atoms with Crippen molar-refractivity contribution in [3.63, 3.8) is 0 Å². The fourth-order valence-corrected chi connectivity index (χ4v) is 3.14. The molecule has 0 radical (unpaired) electrons. The fourth-order valence-electron chi connectivity index (χ4n) is 3.14. The van der Waals surface area contributed by atoms with E-state index in [1.807, 2.05) is 17.9 Å². The van der Waals surface area contributed by atoms with Crippen molar-refractivity contribution < 1.29 is 13.9 Å². The summed E-state index contributed by atoms with van der Waals surface area (Å²) in [5.74, 6) is -0.194. The number of hydrogen-bond acceptors (Lipinski definition) is 4. The monoisotopic (exact) mass is 379 g/mol. The third-order valence-electron chi connectivity index (χ3n) is 4.52. The van der Waals surface area contributed by atoms with Gasteiger partial charge in [0.25, 0.3) is 5.91 Å². The second-order valence-corrected chi connectivity index (χ2v) is 6.49. The number of nitrogens with one attached hydrogen (secondary N) is 1. The summed E-state index contributed by atoms with van der Waals surface area (Å²) in [4.78, 5) is 14.4. The number of nitrogens with zero attached hydrogens (tertiary/aromatic N) is 2. The van der Waals surface area contributed by atoms with Gasteiger partial charge in [0.1, 0.15) is 23.2 Å². The van der Waals surface area contributed by atoms with Crippen molar-refractivity contribution >= 4 is 23.4 Å². The van der Waals surface area contributed by atoms with E-state index in [0.717, 1.165) is 25.9 Å². The molecule has 0 aromatic heterocycles. The Labute approximate surface area is 164 Å². The van der Waals surface area contributed by atoms with Gasteiger partial charge in [0.05, 0.1) is 12.3 Å². The Balaban J connectivity index is 1.72. The van der Waals surface area contributed by atoms with Gasteiger partial charge in [0.15, 0.2) is 0 Å². The van der Waals surface area contributed by atoms with E-state index in [1.165, 1.54) is 12.1 Å². The highest BCUT2D eigenvalue weighted by atomic mass is 19.1. The van der Waals surface area contributed by atoms with Crippen molar-refractivity contribution in [1.29, 1.82) is 5.26 Å². The quantitative estimate of drug-likeness (QED) is 0.598. The van der Waals surface area contributed by atoms with Crippen LogP contribution in [0.3, 0.4) is 0 Å².